The molecule has 2 aromatic heterocycles. The van der Waals surface area contributed by atoms with Crippen LogP contribution in [-0.2, 0) is 17.8 Å². The van der Waals surface area contributed by atoms with Crippen LogP contribution in [-0.4, -0.2) is 45.3 Å². The van der Waals surface area contributed by atoms with Gasteiger partial charge in [0, 0.05) is 18.0 Å². The predicted molar refractivity (Wildman–Crippen MR) is 122 cm³/mol. The van der Waals surface area contributed by atoms with Crippen molar-refractivity contribution < 1.29 is 9.84 Å². The van der Waals surface area contributed by atoms with E-state index >= 15 is 0 Å². The summed E-state index contributed by atoms with van der Waals surface area (Å²) in [5.41, 5.74) is 1.03. The van der Waals surface area contributed by atoms with Gasteiger partial charge < -0.3 is 14.8 Å². The summed E-state index contributed by atoms with van der Waals surface area (Å²) in [5, 5.41) is 11.1. The van der Waals surface area contributed by atoms with E-state index in [0.717, 1.165) is 15.3 Å². The van der Waals surface area contributed by atoms with Crippen LogP contribution in [0, 0.1) is 0 Å². The molecule has 1 unspecified atom stereocenters. The highest BCUT2D eigenvalue weighted by Crippen LogP contribution is 2.27. The molecule has 0 aliphatic carbocycles. The van der Waals surface area contributed by atoms with Crippen molar-refractivity contribution in [3.05, 3.63) is 63.0 Å². The van der Waals surface area contributed by atoms with Crippen LogP contribution in [0.15, 0.2) is 41.2 Å². The third-order valence-corrected chi connectivity index (χ3v) is 6.08. The Bertz CT molecular complexity index is 998. The topological polar surface area (TPSA) is 78.5 Å². The van der Waals surface area contributed by atoms with E-state index in [1.54, 1.807) is 11.3 Å². The van der Waals surface area contributed by atoms with Crippen LogP contribution >= 0.6 is 11.3 Å². The number of aromatic nitrogens is 2. The first-order valence-corrected chi connectivity index (χ1v) is 11.2. The summed E-state index contributed by atoms with van der Waals surface area (Å²) < 4.78 is 5.56. The van der Waals surface area contributed by atoms with Gasteiger partial charge in [0.05, 0.1) is 30.7 Å². The molecule has 2 N–H and O–H groups in total. The molecule has 2 heterocycles. The summed E-state index contributed by atoms with van der Waals surface area (Å²) in [5.74, 6) is 0.968. The van der Waals surface area contributed by atoms with E-state index in [0.29, 0.717) is 36.8 Å². The lowest BCUT2D eigenvalue weighted by atomic mass is 10.2. The first kappa shape index (κ1) is 22.6. The van der Waals surface area contributed by atoms with E-state index in [9.17, 15) is 9.90 Å². The van der Waals surface area contributed by atoms with Gasteiger partial charge in [-0.15, -0.1) is 11.3 Å². The second kappa shape index (κ2) is 10.3. The Kier molecular flexibility index (Phi) is 7.77. The van der Waals surface area contributed by atoms with E-state index in [4.69, 9.17) is 9.72 Å². The normalized spacial score (nSPS) is 13.1. The zero-order valence-electron chi connectivity index (χ0n) is 18.1. The van der Waals surface area contributed by atoms with Gasteiger partial charge in [0.15, 0.2) is 0 Å². The van der Waals surface area contributed by atoms with Gasteiger partial charge in [-0.1, -0.05) is 44.2 Å². The summed E-state index contributed by atoms with van der Waals surface area (Å²) in [6.07, 6.45) is -0.558. The van der Waals surface area contributed by atoms with Crippen LogP contribution in [0.5, 0.6) is 0 Å². The van der Waals surface area contributed by atoms with Gasteiger partial charge in [-0.2, -0.15) is 0 Å². The van der Waals surface area contributed by atoms with Crippen LogP contribution in [0.4, 0.5) is 0 Å². The molecule has 1 atom stereocenters. The zero-order valence-corrected chi connectivity index (χ0v) is 18.9. The molecule has 0 fully saturated rings. The van der Waals surface area contributed by atoms with Gasteiger partial charge >= 0.3 is 0 Å². The maximum absolute atomic E-state index is 12.6. The van der Waals surface area contributed by atoms with Crippen molar-refractivity contribution >= 4 is 21.6 Å². The zero-order chi connectivity index (χ0) is 21.7. The fourth-order valence-electron chi connectivity index (χ4n) is 3.25. The smallest absolute Gasteiger partial charge is 0.259 e. The number of thiophene rings is 1. The number of aromatic amines is 1. The van der Waals surface area contributed by atoms with Gasteiger partial charge in [-0.3, -0.25) is 9.69 Å². The highest BCUT2D eigenvalue weighted by Gasteiger charge is 2.17. The van der Waals surface area contributed by atoms with Gasteiger partial charge in [0.2, 0.25) is 0 Å². The Labute approximate surface area is 181 Å². The number of rotatable bonds is 10. The number of hydrogen-bond acceptors (Lipinski definition) is 6. The monoisotopic (exact) mass is 429 g/mol. The molecule has 0 spiro atoms. The molecule has 1 aromatic carbocycles. The van der Waals surface area contributed by atoms with E-state index in [2.05, 4.69) is 35.9 Å². The van der Waals surface area contributed by atoms with Crippen molar-refractivity contribution in [1.29, 1.82) is 0 Å². The number of fused-ring (bicyclic) bond motifs is 1. The molecule has 3 rings (SSSR count). The van der Waals surface area contributed by atoms with Gasteiger partial charge in [-0.25, -0.2) is 4.98 Å². The van der Waals surface area contributed by atoms with Crippen LogP contribution in [0.1, 0.15) is 49.9 Å². The number of H-pyrrole nitrogens is 1. The van der Waals surface area contributed by atoms with E-state index in [1.165, 1.54) is 0 Å². The summed E-state index contributed by atoms with van der Waals surface area (Å²) in [6.45, 7) is 9.90. The van der Waals surface area contributed by atoms with Gasteiger partial charge in [-0.05, 0) is 31.4 Å². The fourth-order valence-corrected chi connectivity index (χ4v) is 4.30. The van der Waals surface area contributed by atoms with Crippen LogP contribution in [0.2, 0.25) is 0 Å². The molecule has 0 saturated heterocycles. The average molecular weight is 430 g/mol. The minimum atomic E-state index is -0.624. The summed E-state index contributed by atoms with van der Waals surface area (Å²) in [4.78, 5) is 24.2. The summed E-state index contributed by atoms with van der Waals surface area (Å²) in [6, 6.07) is 12.0. The summed E-state index contributed by atoms with van der Waals surface area (Å²) >= 11 is 1.57. The Morgan fingerprint density at radius 1 is 1.17 bits per heavy atom. The molecular weight excluding hydrogens is 398 g/mol. The average Bonchev–Trinajstić information content (AvgIpc) is 3.12. The number of nitrogens with zero attached hydrogens (tertiary/aromatic N) is 2. The van der Waals surface area contributed by atoms with Crippen LogP contribution in [0.3, 0.4) is 0 Å². The lowest BCUT2D eigenvalue weighted by Crippen LogP contribution is -2.35. The van der Waals surface area contributed by atoms with Crippen LogP contribution in [0.25, 0.3) is 10.2 Å². The minimum absolute atomic E-state index is 0.0663. The summed E-state index contributed by atoms with van der Waals surface area (Å²) in [7, 11) is 0. The molecule has 30 heavy (non-hydrogen) atoms. The van der Waals surface area contributed by atoms with Crippen molar-refractivity contribution in [1.82, 2.24) is 14.9 Å². The number of benzene rings is 1. The first-order chi connectivity index (χ1) is 14.3. The molecule has 0 aliphatic heterocycles. The second-order valence-electron chi connectivity index (χ2n) is 8.23. The second-order valence-corrected chi connectivity index (χ2v) is 9.29. The highest BCUT2D eigenvalue weighted by molar-refractivity contribution is 7.18. The Hall–Kier alpha value is -2.06. The number of nitrogens with one attached hydrogen (secondary N) is 1. The maximum Gasteiger partial charge on any atom is 0.259 e. The van der Waals surface area contributed by atoms with E-state index < -0.39 is 6.10 Å². The molecular formula is C23H31N3O3S. The Morgan fingerprint density at radius 2 is 1.90 bits per heavy atom. The quantitative estimate of drug-likeness (QED) is 0.511. The van der Waals surface area contributed by atoms with Gasteiger partial charge in [0.25, 0.3) is 5.56 Å². The SMILES string of the molecule is CC(C)OCC(O)CN(Cc1ccccc1)Cc1nc2sc(C(C)C)cc2c(=O)[nH]1. The van der Waals surface area contributed by atoms with Crippen molar-refractivity contribution in [2.24, 2.45) is 0 Å². The predicted octanol–water partition coefficient (Wildman–Crippen LogP) is 3.90. The molecule has 6 nitrogen and oxygen atoms in total. The standard InChI is InChI=1S/C23H31N3O3S/c1-15(2)20-10-19-22(28)24-21(25-23(19)30-20)13-26(11-17-8-6-5-7-9-17)12-18(27)14-29-16(3)4/h5-10,15-16,18,27H,11-14H2,1-4H3,(H,24,25,28). The number of aliphatic hydroxyl groups excluding tert-OH is 1. The van der Waals surface area contributed by atoms with E-state index in [1.807, 2.05) is 38.1 Å². The van der Waals surface area contributed by atoms with Gasteiger partial charge in [0.1, 0.15) is 10.7 Å². The number of ether oxygens (including phenoxy) is 1. The molecule has 162 valence electrons. The lowest BCUT2D eigenvalue weighted by molar-refractivity contribution is -0.0109. The number of aliphatic hydroxyl groups is 1. The first-order valence-electron chi connectivity index (χ1n) is 10.4. The van der Waals surface area contributed by atoms with Crippen molar-refractivity contribution in [3.8, 4) is 0 Å². The molecule has 0 amide bonds. The number of hydrogen-bond donors (Lipinski definition) is 2. The third-order valence-electron chi connectivity index (χ3n) is 4.75. The van der Waals surface area contributed by atoms with Crippen molar-refractivity contribution in [3.63, 3.8) is 0 Å². The van der Waals surface area contributed by atoms with Crippen molar-refractivity contribution in [2.45, 2.75) is 58.9 Å². The molecule has 0 saturated carbocycles. The highest BCUT2D eigenvalue weighted by atomic mass is 32.1. The molecule has 3 aromatic rings. The fraction of sp³-hybridized carbons (Fsp3) is 0.478. The molecule has 0 bridgehead atoms. The molecule has 0 radical (unpaired) electrons. The minimum Gasteiger partial charge on any atom is -0.389 e. The van der Waals surface area contributed by atoms with Crippen LogP contribution < -0.4 is 5.56 Å². The van der Waals surface area contributed by atoms with E-state index in [-0.39, 0.29) is 18.3 Å². The third kappa shape index (κ3) is 6.22. The maximum atomic E-state index is 12.6. The van der Waals surface area contributed by atoms with Crippen molar-refractivity contribution in [2.75, 3.05) is 13.2 Å². The Balaban J connectivity index is 1.81. The Morgan fingerprint density at radius 3 is 2.57 bits per heavy atom. The molecule has 0 aliphatic rings. The largest absolute Gasteiger partial charge is 0.389 e. The molecule has 7 heteroatoms. The lowest BCUT2D eigenvalue weighted by Gasteiger charge is -2.25.